The zero-order valence-corrected chi connectivity index (χ0v) is 34.6. The SMILES string of the molecule is COc1ccc([Si](C)(C)[C@@H]2[C@@H](CCn3cc(CCO)nn3)O[C@]3(C(=O)N(C/C=C(\C)CCC=C(C)C)c4ccc(-n5[nH]c6ccccc6c5=O)cc43)[C@H]2C)cc1. The van der Waals surface area contributed by atoms with E-state index in [0.29, 0.717) is 37.0 Å². The highest BCUT2D eigenvalue weighted by molar-refractivity contribution is 6.91. The van der Waals surface area contributed by atoms with Gasteiger partial charge in [-0.25, -0.2) is 4.68 Å². The maximum atomic E-state index is 15.4. The van der Waals surface area contributed by atoms with Crippen molar-refractivity contribution in [3.63, 3.8) is 0 Å². The van der Waals surface area contributed by atoms with Crippen LogP contribution in [0.25, 0.3) is 16.6 Å². The van der Waals surface area contributed by atoms with Crippen LogP contribution in [0.5, 0.6) is 5.75 Å². The number of nitrogens with zero attached hydrogens (tertiary/aromatic N) is 5. The Morgan fingerprint density at radius 3 is 2.54 bits per heavy atom. The number of hydrogen-bond acceptors (Lipinski definition) is 7. The number of hydrogen-bond donors (Lipinski definition) is 2. The quantitative estimate of drug-likeness (QED) is 0.0939. The molecule has 1 saturated heterocycles. The Bertz CT molecular complexity index is 2340. The van der Waals surface area contributed by atoms with E-state index in [1.165, 1.54) is 16.3 Å². The number of aromatic amines is 1. The van der Waals surface area contributed by atoms with Crippen LogP contribution in [0.15, 0.2) is 101 Å². The first-order valence-corrected chi connectivity index (χ1v) is 22.7. The van der Waals surface area contributed by atoms with E-state index < -0.39 is 13.7 Å². The molecule has 0 saturated carbocycles. The number of rotatable bonds is 14. The second-order valence-corrected chi connectivity index (χ2v) is 20.9. The summed E-state index contributed by atoms with van der Waals surface area (Å²) in [5, 5.41) is 23.2. The van der Waals surface area contributed by atoms with Crippen molar-refractivity contribution in [3.05, 3.63) is 118 Å². The van der Waals surface area contributed by atoms with E-state index in [1.807, 2.05) is 70.4 Å². The molecule has 4 atom stereocenters. The molecule has 0 aliphatic carbocycles. The summed E-state index contributed by atoms with van der Waals surface area (Å²) in [6, 6.07) is 21.7. The molecule has 1 amide bonds. The van der Waals surface area contributed by atoms with Crippen LogP contribution in [0.3, 0.4) is 0 Å². The molecule has 1 spiro atoms. The van der Waals surface area contributed by atoms with Crippen molar-refractivity contribution in [1.82, 2.24) is 24.8 Å². The molecular formula is C44H54N6O5Si. The Labute approximate surface area is 329 Å². The van der Waals surface area contributed by atoms with Gasteiger partial charge in [-0.15, -0.1) is 5.10 Å². The summed E-state index contributed by atoms with van der Waals surface area (Å²) in [5.41, 5.74) is 4.80. The van der Waals surface area contributed by atoms with E-state index in [-0.39, 0.29) is 35.6 Å². The molecule has 0 bridgehead atoms. The van der Waals surface area contributed by atoms with Gasteiger partial charge in [-0.3, -0.25) is 19.4 Å². The number of para-hydroxylation sites is 1. The maximum absolute atomic E-state index is 15.4. The van der Waals surface area contributed by atoms with Crippen LogP contribution in [-0.4, -0.2) is 70.2 Å². The fraction of sp³-hybridized carbons (Fsp3) is 0.409. The standard InChI is InChI=1S/C44H54N6O5Si/c1-29(2)11-10-12-30(3)21-25-49-39-20-15-33(50-42(52)36-13-8-9-14-38(36)46-50)27-37(39)44(43(49)53)31(4)41(56(6,7)35-18-16-34(54-5)17-19-35)40(55-44)22-24-48-28-32(23-26-51)45-47-48/h8-9,11,13-21,27-28,31,40-41,46,51H,10,12,22-26H2,1-7H3/b30-21+/t31-,40+,41-,44+/m0/s1. The molecule has 11 nitrogen and oxygen atoms in total. The minimum atomic E-state index is -2.40. The lowest BCUT2D eigenvalue weighted by molar-refractivity contribution is -0.145. The number of ether oxygens (including phenoxy) is 2. The number of fused-ring (bicyclic) bond motifs is 3. The van der Waals surface area contributed by atoms with Crippen molar-refractivity contribution in [3.8, 4) is 11.4 Å². The van der Waals surface area contributed by atoms with Crippen LogP contribution in [0.4, 0.5) is 5.69 Å². The third kappa shape index (κ3) is 7.10. The van der Waals surface area contributed by atoms with Crippen molar-refractivity contribution in [2.45, 2.75) is 90.3 Å². The number of nitrogens with one attached hydrogen (secondary N) is 1. The molecule has 56 heavy (non-hydrogen) atoms. The molecule has 2 aromatic heterocycles. The molecule has 12 heteroatoms. The Morgan fingerprint density at radius 2 is 1.82 bits per heavy atom. The molecule has 4 heterocycles. The lowest BCUT2D eigenvalue weighted by Crippen LogP contribution is -2.52. The molecule has 3 aromatic carbocycles. The van der Waals surface area contributed by atoms with E-state index >= 15 is 4.79 Å². The molecule has 2 aliphatic rings. The molecule has 2 N–H and O–H groups in total. The fourth-order valence-electron chi connectivity index (χ4n) is 9.01. The summed E-state index contributed by atoms with van der Waals surface area (Å²) in [6.45, 7) is 14.2. The number of carbonyl (C=O) groups excluding carboxylic acids is 1. The average Bonchev–Trinajstić information content (AvgIpc) is 3.92. The highest BCUT2D eigenvalue weighted by atomic mass is 28.3. The number of carbonyl (C=O) groups is 1. The van der Waals surface area contributed by atoms with Gasteiger partial charge in [0.05, 0.1) is 49.3 Å². The fourth-order valence-corrected chi connectivity index (χ4v) is 13.1. The molecule has 0 unspecified atom stereocenters. The highest BCUT2D eigenvalue weighted by Crippen LogP contribution is 2.60. The summed E-state index contributed by atoms with van der Waals surface area (Å²) < 4.78 is 16.3. The molecule has 5 aromatic rings. The predicted molar refractivity (Wildman–Crippen MR) is 224 cm³/mol. The Kier molecular flexibility index (Phi) is 11.1. The van der Waals surface area contributed by atoms with Gasteiger partial charge in [0.2, 0.25) is 0 Å². The topological polar surface area (TPSA) is 127 Å². The third-order valence-corrected chi connectivity index (χ3v) is 16.3. The molecule has 7 rings (SSSR count). The number of methoxy groups -OCH3 is 1. The zero-order valence-electron chi connectivity index (χ0n) is 33.6. The van der Waals surface area contributed by atoms with Crippen molar-refractivity contribution < 1.29 is 19.4 Å². The van der Waals surface area contributed by atoms with Gasteiger partial charge in [0.1, 0.15) is 5.75 Å². The summed E-state index contributed by atoms with van der Waals surface area (Å²) in [7, 11) is -0.724. The molecule has 294 valence electrons. The Balaban J connectivity index is 1.34. The third-order valence-electron chi connectivity index (χ3n) is 12.0. The second kappa shape index (κ2) is 15.8. The number of anilines is 1. The normalized spacial score (nSPS) is 21.0. The largest absolute Gasteiger partial charge is 0.497 e. The number of aromatic nitrogens is 5. The lowest BCUT2D eigenvalue weighted by atomic mass is 9.82. The van der Waals surface area contributed by atoms with Crippen molar-refractivity contribution in [2.75, 3.05) is 25.2 Å². The van der Waals surface area contributed by atoms with Crippen LogP contribution in [0.1, 0.15) is 58.2 Å². The number of aliphatic hydroxyl groups is 1. The first-order valence-electron chi connectivity index (χ1n) is 19.7. The van der Waals surface area contributed by atoms with Crippen LogP contribution >= 0.6 is 0 Å². The second-order valence-electron chi connectivity index (χ2n) is 16.2. The lowest BCUT2D eigenvalue weighted by Gasteiger charge is -2.37. The van der Waals surface area contributed by atoms with Gasteiger partial charge in [-0.1, -0.05) is 78.0 Å². The predicted octanol–water partition coefficient (Wildman–Crippen LogP) is 6.80. The number of aliphatic hydroxyl groups excluding tert-OH is 1. The molecular weight excluding hydrogens is 721 g/mol. The van der Waals surface area contributed by atoms with Gasteiger partial charge in [0, 0.05) is 43.8 Å². The maximum Gasteiger partial charge on any atom is 0.279 e. The summed E-state index contributed by atoms with van der Waals surface area (Å²) in [6.07, 6.45) is 8.89. The molecule has 1 fully saturated rings. The zero-order chi connectivity index (χ0) is 39.8. The number of benzene rings is 3. The van der Waals surface area contributed by atoms with Crippen LogP contribution < -0.4 is 20.4 Å². The van der Waals surface area contributed by atoms with Crippen LogP contribution in [0, 0.1) is 5.92 Å². The monoisotopic (exact) mass is 774 g/mol. The minimum Gasteiger partial charge on any atom is -0.497 e. The highest BCUT2D eigenvalue weighted by Gasteiger charge is 2.66. The Morgan fingerprint density at radius 1 is 1.05 bits per heavy atom. The molecule has 2 aliphatic heterocycles. The summed E-state index contributed by atoms with van der Waals surface area (Å²) >= 11 is 0. The first-order chi connectivity index (χ1) is 26.9. The van der Waals surface area contributed by atoms with Gasteiger partial charge in [0.25, 0.3) is 11.5 Å². The Hall–Kier alpha value is -5.04. The van der Waals surface area contributed by atoms with Gasteiger partial charge in [-0.05, 0) is 88.0 Å². The number of amides is 1. The molecule has 0 radical (unpaired) electrons. The average molecular weight is 775 g/mol. The minimum absolute atomic E-state index is 0.00298. The number of H-pyrrole nitrogens is 1. The van der Waals surface area contributed by atoms with E-state index in [4.69, 9.17) is 9.47 Å². The van der Waals surface area contributed by atoms with Crippen LogP contribution in [-0.2, 0) is 28.1 Å². The van der Waals surface area contributed by atoms with Crippen molar-refractivity contribution >= 4 is 35.8 Å². The van der Waals surface area contributed by atoms with E-state index in [9.17, 15) is 9.90 Å². The van der Waals surface area contributed by atoms with Gasteiger partial charge in [-0.2, -0.15) is 0 Å². The van der Waals surface area contributed by atoms with Gasteiger partial charge < -0.3 is 19.5 Å². The number of allylic oxidation sites excluding steroid dienone is 3. The van der Waals surface area contributed by atoms with Crippen LogP contribution in [0.2, 0.25) is 18.6 Å². The van der Waals surface area contributed by atoms with Gasteiger partial charge >= 0.3 is 0 Å². The van der Waals surface area contributed by atoms with Crippen molar-refractivity contribution in [2.24, 2.45) is 5.92 Å². The van der Waals surface area contributed by atoms with Crippen molar-refractivity contribution in [1.29, 1.82) is 0 Å². The first kappa shape index (κ1) is 39.2. The number of aryl methyl sites for hydroxylation is 1. The smallest absolute Gasteiger partial charge is 0.279 e. The van der Waals surface area contributed by atoms with E-state index in [2.05, 4.69) is 80.5 Å². The van der Waals surface area contributed by atoms with Gasteiger partial charge in [0.15, 0.2) is 5.60 Å². The summed E-state index contributed by atoms with van der Waals surface area (Å²) in [5.74, 6) is 0.504. The summed E-state index contributed by atoms with van der Waals surface area (Å²) in [4.78, 5) is 31.0. The van der Waals surface area contributed by atoms with E-state index in [1.54, 1.807) is 11.8 Å². The van der Waals surface area contributed by atoms with E-state index in [0.717, 1.165) is 41.1 Å².